The SMILES string of the molecule is COC(=O)c1c(C(=O)c2ccccc2)c(O)c(O)c(OC(=O)c2ccccc2)c1C(=O)c1ccc(Cl)cc1. The van der Waals surface area contributed by atoms with Crippen molar-refractivity contribution < 1.29 is 38.9 Å². The van der Waals surface area contributed by atoms with Crippen LogP contribution in [0.5, 0.6) is 17.2 Å². The number of phenols is 2. The lowest BCUT2D eigenvalue weighted by Crippen LogP contribution is -2.21. The Morgan fingerprint density at radius 3 is 1.66 bits per heavy atom. The number of benzene rings is 4. The lowest BCUT2D eigenvalue weighted by atomic mass is 9.88. The largest absolute Gasteiger partial charge is 0.504 e. The van der Waals surface area contributed by atoms with Crippen LogP contribution in [0.2, 0.25) is 5.02 Å². The Morgan fingerprint density at radius 1 is 0.605 bits per heavy atom. The number of hydrogen-bond donors (Lipinski definition) is 2. The second-order valence-electron chi connectivity index (χ2n) is 7.93. The number of methoxy groups -OCH3 is 1. The zero-order chi connectivity index (χ0) is 27.4. The Kier molecular flexibility index (Phi) is 7.55. The lowest BCUT2D eigenvalue weighted by molar-refractivity contribution is 0.0589. The predicted octanol–water partition coefficient (Wildman–Crippen LogP) is 5.22. The summed E-state index contributed by atoms with van der Waals surface area (Å²) in [7, 11) is 1.01. The Morgan fingerprint density at radius 2 is 1.11 bits per heavy atom. The van der Waals surface area contributed by atoms with E-state index in [1.54, 1.807) is 36.4 Å². The third kappa shape index (κ3) is 4.98. The maximum Gasteiger partial charge on any atom is 0.343 e. The first-order valence-electron chi connectivity index (χ1n) is 11.1. The van der Waals surface area contributed by atoms with Gasteiger partial charge in [0.2, 0.25) is 5.75 Å². The molecule has 0 atom stereocenters. The molecule has 0 spiro atoms. The van der Waals surface area contributed by atoms with Crippen molar-refractivity contribution in [1.82, 2.24) is 0 Å². The lowest BCUT2D eigenvalue weighted by Gasteiger charge is -2.19. The number of hydrogen-bond acceptors (Lipinski definition) is 8. The summed E-state index contributed by atoms with van der Waals surface area (Å²) in [6, 6.07) is 20.8. The van der Waals surface area contributed by atoms with Gasteiger partial charge in [-0.25, -0.2) is 9.59 Å². The van der Waals surface area contributed by atoms with Crippen molar-refractivity contribution in [3.63, 3.8) is 0 Å². The molecular weight excluding hydrogens is 512 g/mol. The molecule has 0 heterocycles. The molecule has 190 valence electrons. The molecule has 0 unspecified atom stereocenters. The smallest absolute Gasteiger partial charge is 0.343 e. The van der Waals surface area contributed by atoms with E-state index >= 15 is 0 Å². The van der Waals surface area contributed by atoms with Gasteiger partial charge in [0, 0.05) is 16.1 Å². The quantitative estimate of drug-likeness (QED) is 0.144. The summed E-state index contributed by atoms with van der Waals surface area (Å²) in [6.45, 7) is 0. The van der Waals surface area contributed by atoms with E-state index in [-0.39, 0.29) is 16.7 Å². The number of esters is 2. The fourth-order valence-electron chi connectivity index (χ4n) is 3.75. The number of ketones is 2. The van der Waals surface area contributed by atoms with Gasteiger partial charge in [0.1, 0.15) is 0 Å². The molecule has 0 amide bonds. The van der Waals surface area contributed by atoms with Crippen LogP contribution < -0.4 is 4.74 Å². The van der Waals surface area contributed by atoms with Crippen LogP contribution >= 0.6 is 11.6 Å². The van der Waals surface area contributed by atoms with Crippen LogP contribution in [0.15, 0.2) is 84.9 Å². The molecule has 0 bridgehead atoms. The van der Waals surface area contributed by atoms with E-state index in [1.165, 1.54) is 48.5 Å². The standard InChI is InChI=1S/C29H19ClO8/c1-37-29(36)20-21(23(31)16-8-4-2-5-9-16)25(33)26(34)27(38-28(35)18-10-6-3-7-11-18)22(20)24(32)17-12-14-19(30)15-13-17/h2-15,33-34H,1H3. The number of halogens is 1. The number of carbonyl (C=O) groups is 4. The molecule has 38 heavy (non-hydrogen) atoms. The summed E-state index contributed by atoms with van der Waals surface area (Å²) >= 11 is 5.94. The second-order valence-corrected chi connectivity index (χ2v) is 8.37. The van der Waals surface area contributed by atoms with Gasteiger partial charge in [-0.05, 0) is 36.4 Å². The minimum absolute atomic E-state index is 0.0141. The topological polar surface area (TPSA) is 127 Å². The Bertz CT molecular complexity index is 1550. The normalized spacial score (nSPS) is 10.5. The molecule has 0 saturated heterocycles. The van der Waals surface area contributed by atoms with E-state index in [4.69, 9.17) is 21.1 Å². The Labute approximate surface area is 221 Å². The van der Waals surface area contributed by atoms with Crippen LogP contribution in [-0.4, -0.2) is 40.8 Å². The van der Waals surface area contributed by atoms with E-state index in [0.29, 0.717) is 5.02 Å². The second kappa shape index (κ2) is 11.0. The Balaban J connectivity index is 2.04. The number of phenolic OH excluding ortho intramolecular Hbond substituents is 2. The highest BCUT2D eigenvalue weighted by Crippen LogP contribution is 2.46. The molecule has 9 heteroatoms. The van der Waals surface area contributed by atoms with Crippen LogP contribution in [0, 0.1) is 0 Å². The molecular formula is C29H19ClO8. The number of ether oxygens (including phenoxy) is 2. The van der Waals surface area contributed by atoms with Gasteiger partial charge in [-0.3, -0.25) is 9.59 Å². The van der Waals surface area contributed by atoms with Gasteiger partial charge in [0.05, 0.1) is 29.4 Å². The summed E-state index contributed by atoms with van der Waals surface area (Å²) in [4.78, 5) is 53.2. The van der Waals surface area contributed by atoms with Crippen LogP contribution in [0.25, 0.3) is 0 Å². The zero-order valence-corrected chi connectivity index (χ0v) is 20.6. The summed E-state index contributed by atoms with van der Waals surface area (Å²) in [5, 5.41) is 22.2. The van der Waals surface area contributed by atoms with Gasteiger partial charge in [-0.1, -0.05) is 60.1 Å². The first kappa shape index (κ1) is 26.1. The molecule has 0 fully saturated rings. The Hall–Kier alpha value is -4.95. The van der Waals surface area contributed by atoms with E-state index in [9.17, 15) is 29.4 Å². The minimum Gasteiger partial charge on any atom is -0.504 e. The number of rotatable bonds is 7. The summed E-state index contributed by atoms with van der Waals surface area (Å²) in [5.41, 5.74) is -1.95. The van der Waals surface area contributed by atoms with E-state index in [1.807, 2.05) is 0 Å². The summed E-state index contributed by atoms with van der Waals surface area (Å²) in [6.07, 6.45) is 0. The third-order valence-electron chi connectivity index (χ3n) is 5.59. The predicted molar refractivity (Wildman–Crippen MR) is 137 cm³/mol. The summed E-state index contributed by atoms with van der Waals surface area (Å²) < 4.78 is 10.2. The highest BCUT2D eigenvalue weighted by molar-refractivity contribution is 6.31. The molecule has 0 saturated carbocycles. The highest BCUT2D eigenvalue weighted by Gasteiger charge is 2.37. The van der Waals surface area contributed by atoms with Gasteiger partial charge in [0.25, 0.3) is 0 Å². The fraction of sp³-hybridized carbons (Fsp3) is 0.0345. The molecule has 4 aromatic carbocycles. The average Bonchev–Trinajstić information content (AvgIpc) is 2.95. The zero-order valence-electron chi connectivity index (χ0n) is 19.8. The monoisotopic (exact) mass is 530 g/mol. The number of carbonyl (C=O) groups excluding carboxylic acids is 4. The van der Waals surface area contributed by atoms with Gasteiger partial charge in [-0.2, -0.15) is 0 Å². The molecule has 0 radical (unpaired) electrons. The maximum absolute atomic E-state index is 13.8. The van der Waals surface area contributed by atoms with Gasteiger partial charge in [0.15, 0.2) is 23.1 Å². The van der Waals surface area contributed by atoms with E-state index in [2.05, 4.69) is 0 Å². The van der Waals surface area contributed by atoms with E-state index in [0.717, 1.165) is 7.11 Å². The third-order valence-corrected chi connectivity index (χ3v) is 5.85. The molecule has 4 rings (SSSR count). The van der Waals surface area contributed by atoms with Crippen LogP contribution in [0.1, 0.15) is 52.6 Å². The van der Waals surface area contributed by atoms with Crippen molar-refractivity contribution in [1.29, 1.82) is 0 Å². The van der Waals surface area contributed by atoms with Crippen molar-refractivity contribution in [2.45, 2.75) is 0 Å². The van der Waals surface area contributed by atoms with Crippen molar-refractivity contribution in [3.8, 4) is 17.2 Å². The molecule has 8 nitrogen and oxygen atoms in total. The minimum atomic E-state index is -1.19. The molecule has 0 aliphatic carbocycles. The molecule has 2 N–H and O–H groups in total. The first-order chi connectivity index (χ1) is 18.2. The molecule has 4 aromatic rings. The van der Waals surface area contributed by atoms with Gasteiger partial charge >= 0.3 is 11.9 Å². The van der Waals surface area contributed by atoms with Crippen LogP contribution in [-0.2, 0) is 4.74 Å². The maximum atomic E-state index is 13.8. The molecule has 0 aliphatic rings. The van der Waals surface area contributed by atoms with Crippen molar-refractivity contribution in [2.75, 3.05) is 7.11 Å². The van der Waals surface area contributed by atoms with Crippen LogP contribution in [0.4, 0.5) is 0 Å². The highest BCUT2D eigenvalue weighted by atomic mass is 35.5. The first-order valence-corrected chi connectivity index (χ1v) is 11.5. The van der Waals surface area contributed by atoms with E-state index < -0.39 is 57.4 Å². The average molecular weight is 531 g/mol. The van der Waals surface area contributed by atoms with Crippen molar-refractivity contribution >= 4 is 35.1 Å². The van der Waals surface area contributed by atoms with Crippen molar-refractivity contribution in [2.24, 2.45) is 0 Å². The molecule has 0 aliphatic heterocycles. The van der Waals surface area contributed by atoms with Gasteiger partial charge in [-0.15, -0.1) is 0 Å². The van der Waals surface area contributed by atoms with Crippen LogP contribution in [0.3, 0.4) is 0 Å². The summed E-state index contributed by atoms with van der Waals surface area (Å²) in [5.74, 6) is -6.94. The fourth-order valence-corrected chi connectivity index (χ4v) is 3.88. The molecule has 0 aromatic heterocycles. The van der Waals surface area contributed by atoms with Crippen molar-refractivity contribution in [3.05, 3.63) is 123 Å². The number of aromatic hydroxyl groups is 2. The van der Waals surface area contributed by atoms with Gasteiger partial charge < -0.3 is 19.7 Å².